The average molecular weight is 423 g/mol. The van der Waals surface area contributed by atoms with Crippen molar-refractivity contribution < 1.29 is 14.0 Å². The number of benzene rings is 2. The van der Waals surface area contributed by atoms with Crippen LogP contribution >= 0.6 is 0 Å². The van der Waals surface area contributed by atoms with E-state index < -0.39 is 17.8 Å². The van der Waals surface area contributed by atoms with Gasteiger partial charge in [-0.3, -0.25) is 14.5 Å². The summed E-state index contributed by atoms with van der Waals surface area (Å²) in [5.41, 5.74) is 2.97. The van der Waals surface area contributed by atoms with Gasteiger partial charge in [0, 0.05) is 14.1 Å². The SMILES string of the molecule is Cc1ccc(C(C)N(C(=O)c2cn(CC(=O)N(C)C)nn2)c2cc(C)ccc2F)cc1. The number of hydrogen-bond acceptors (Lipinski definition) is 4. The van der Waals surface area contributed by atoms with Crippen LogP contribution in [-0.2, 0) is 11.3 Å². The predicted octanol–water partition coefficient (Wildman–Crippen LogP) is 3.53. The minimum absolute atomic E-state index is 0.0337. The molecule has 3 rings (SSSR count). The Bertz CT molecular complexity index is 1090. The third kappa shape index (κ3) is 4.96. The Morgan fingerprint density at radius 2 is 1.71 bits per heavy atom. The van der Waals surface area contributed by atoms with Gasteiger partial charge in [-0.25, -0.2) is 9.07 Å². The van der Waals surface area contributed by atoms with Crippen molar-refractivity contribution in [2.45, 2.75) is 33.4 Å². The summed E-state index contributed by atoms with van der Waals surface area (Å²) in [6.45, 7) is 5.61. The summed E-state index contributed by atoms with van der Waals surface area (Å²) in [4.78, 5) is 28.2. The zero-order valence-corrected chi connectivity index (χ0v) is 18.3. The van der Waals surface area contributed by atoms with Crippen LogP contribution in [0.4, 0.5) is 10.1 Å². The molecule has 0 spiro atoms. The fourth-order valence-corrected chi connectivity index (χ4v) is 3.17. The predicted molar refractivity (Wildman–Crippen MR) is 116 cm³/mol. The van der Waals surface area contributed by atoms with Gasteiger partial charge < -0.3 is 4.90 Å². The highest BCUT2D eigenvalue weighted by Gasteiger charge is 2.29. The van der Waals surface area contributed by atoms with Crippen molar-refractivity contribution >= 4 is 17.5 Å². The number of hydrogen-bond donors (Lipinski definition) is 0. The fourth-order valence-electron chi connectivity index (χ4n) is 3.17. The molecule has 0 aliphatic carbocycles. The molecule has 1 unspecified atom stereocenters. The number of likely N-dealkylation sites (N-methyl/N-ethyl adjacent to an activating group) is 1. The highest BCUT2D eigenvalue weighted by atomic mass is 19.1. The lowest BCUT2D eigenvalue weighted by Crippen LogP contribution is -2.34. The zero-order valence-electron chi connectivity index (χ0n) is 18.3. The first-order valence-corrected chi connectivity index (χ1v) is 9.94. The lowest BCUT2D eigenvalue weighted by molar-refractivity contribution is -0.129. The van der Waals surface area contributed by atoms with Crippen molar-refractivity contribution in [2.24, 2.45) is 0 Å². The molecule has 162 valence electrons. The largest absolute Gasteiger partial charge is 0.347 e. The molecule has 3 aromatic rings. The number of carbonyl (C=O) groups is 2. The summed E-state index contributed by atoms with van der Waals surface area (Å²) in [6, 6.07) is 11.9. The molecule has 0 fully saturated rings. The Balaban J connectivity index is 2.01. The van der Waals surface area contributed by atoms with Crippen LogP contribution in [0.15, 0.2) is 48.7 Å². The van der Waals surface area contributed by atoms with Crippen LogP contribution in [0.25, 0.3) is 0 Å². The first-order valence-electron chi connectivity index (χ1n) is 9.94. The van der Waals surface area contributed by atoms with Crippen molar-refractivity contribution in [3.05, 3.63) is 76.9 Å². The zero-order chi connectivity index (χ0) is 22.7. The monoisotopic (exact) mass is 423 g/mol. The van der Waals surface area contributed by atoms with E-state index in [4.69, 9.17) is 0 Å². The number of carbonyl (C=O) groups excluding carboxylic acids is 2. The smallest absolute Gasteiger partial charge is 0.281 e. The first kappa shape index (κ1) is 22.1. The number of amides is 2. The molecule has 0 bridgehead atoms. The molecule has 0 radical (unpaired) electrons. The molecular formula is C23H26FN5O2. The van der Waals surface area contributed by atoms with Crippen LogP contribution in [0.3, 0.4) is 0 Å². The highest BCUT2D eigenvalue weighted by Crippen LogP contribution is 2.31. The van der Waals surface area contributed by atoms with E-state index in [1.54, 1.807) is 26.2 Å². The number of aryl methyl sites for hydroxylation is 2. The second kappa shape index (κ2) is 9.07. The third-order valence-electron chi connectivity index (χ3n) is 5.08. The van der Waals surface area contributed by atoms with Crippen LogP contribution in [-0.4, -0.2) is 45.8 Å². The molecule has 0 N–H and O–H groups in total. The van der Waals surface area contributed by atoms with Crippen LogP contribution in [0.2, 0.25) is 0 Å². The maximum atomic E-state index is 14.8. The second-order valence-corrected chi connectivity index (χ2v) is 7.81. The van der Waals surface area contributed by atoms with Gasteiger partial charge in [0.05, 0.1) is 17.9 Å². The van der Waals surface area contributed by atoms with E-state index in [0.717, 1.165) is 16.7 Å². The summed E-state index contributed by atoms with van der Waals surface area (Å²) >= 11 is 0. The molecule has 1 heterocycles. The number of rotatable bonds is 6. The molecule has 2 amide bonds. The standard InChI is InChI=1S/C23H26FN5O2/c1-15-6-9-18(10-7-15)17(3)29(21-12-16(2)8-11-19(21)24)23(31)20-13-28(26-25-20)14-22(30)27(4)5/h6-13,17H,14H2,1-5H3. The molecule has 1 aromatic heterocycles. The molecule has 31 heavy (non-hydrogen) atoms. The van der Waals surface area contributed by atoms with Crippen LogP contribution < -0.4 is 4.90 Å². The average Bonchev–Trinajstić information content (AvgIpc) is 3.19. The molecular weight excluding hydrogens is 397 g/mol. The lowest BCUT2D eigenvalue weighted by Gasteiger charge is -2.29. The van der Waals surface area contributed by atoms with Crippen molar-refractivity contribution in [1.82, 2.24) is 19.9 Å². The maximum Gasteiger partial charge on any atom is 0.281 e. The number of anilines is 1. The molecule has 1 atom stereocenters. The van der Waals surface area contributed by atoms with E-state index >= 15 is 0 Å². The quantitative estimate of drug-likeness (QED) is 0.608. The first-order chi connectivity index (χ1) is 14.7. The van der Waals surface area contributed by atoms with E-state index in [-0.39, 0.29) is 23.8 Å². The van der Waals surface area contributed by atoms with Crippen molar-refractivity contribution in [1.29, 1.82) is 0 Å². The lowest BCUT2D eigenvalue weighted by atomic mass is 10.0. The van der Waals surface area contributed by atoms with E-state index in [0.29, 0.717) is 0 Å². The van der Waals surface area contributed by atoms with Gasteiger partial charge in [-0.1, -0.05) is 41.1 Å². The van der Waals surface area contributed by atoms with Gasteiger partial charge in [-0.15, -0.1) is 5.10 Å². The van der Waals surface area contributed by atoms with Gasteiger partial charge in [-0.05, 0) is 44.0 Å². The third-order valence-corrected chi connectivity index (χ3v) is 5.08. The maximum absolute atomic E-state index is 14.8. The van der Waals surface area contributed by atoms with Crippen LogP contribution in [0, 0.1) is 19.7 Å². The minimum Gasteiger partial charge on any atom is -0.347 e. The molecule has 2 aromatic carbocycles. The molecule has 0 saturated carbocycles. The van der Waals surface area contributed by atoms with Crippen molar-refractivity contribution in [3.63, 3.8) is 0 Å². The Kier molecular flexibility index (Phi) is 6.48. The summed E-state index contributed by atoms with van der Waals surface area (Å²) in [5, 5.41) is 7.84. The van der Waals surface area contributed by atoms with Crippen molar-refractivity contribution in [3.8, 4) is 0 Å². The number of aromatic nitrogens is 3. The van der Waals surface area contributed by atoms with Crippen LogP contribution in [0.1, 0.15) is 40.1 Å². The molecule has 0 saturated heterocycles. The number of nitrogens with zero attached hydrogens (tertiary/aromatic N) is 5. The van der Waals surface area contributed by atoms with Gasteiger partial charge in [-0.2, -0.15) is 0 Å². The van der Waals surface area contributed by atoms with Crippen LogP contribution in [0.5, 0.6) is 0 Å². The summed E-state index contributed by atoms with van der Waals surface area (Å²) in [7, 11) is 3.27. The molecule has 8 heteroatoms. The second-order valence-electron chi connectivity index (χ2n) is 7.81. The summed E-state index contributed by atoms with van der Waals surface area (Å²) in [5.74, 6) is -1.19. The molecule has 0 aliphatic rings. The summed E-state index contributed by atoms with van der Waals surface area (Å²) < 4.78 is 16.1. The Morgan fingerprint density at radius 3 is 2.35 bits per heavy atom. The highest BCUT2D eigenvalue weighted by molar-refractivity contribution is 6.05. The van der Waals surface area contributed by atoms with E-state index in [1.807, 2.05) is 45.0 Å². The van der Waals surface area contributed by atoms with E-state index in [1.165, 1.54) is 26.7 Å². The van der Waals surface area contributed by atoms with Gasteiger partial charge in [0.2, 0.25) is 5.91 Å². The van der Waals surface area contributed by atoms with Gasteiger partial charge in [0.25, 0.3) is 5.91 Å². The van der Waals surface area contributed by atoms with Gasteiger partial charge in [0.15, 0.2) is 5.69 Å². The van der Waals surface area contributed by atoms with E-state index in [9.17, 15) is 14.0 Å². The Hall–Kier alpha value is -3.55. The normalized spacial score (nSPS) is 11.8. The Morgan fingerprint density at radius 1 is 1.06 bits per heavy atom. The van der Waals surface area contributed by atoms with Crippen molar-refractivity contribution in [2.75, 3.05) is 19.0 Å². The minimum atomic E-state index is -0.506. The molecule has 0 aliphatic heterocycles. The Labute approximate surface area is 181 Å². The van der Waals surface area contributed by atoms with Gasteiger partial charge in [0.1, 0.15) is 12.4 Å². The molecule has 7 nitrogen and oxygen atoms in total. The van der Waals surface area contributed by atoms with E-state index in [2.05, 4.69) is 10.3 Å². The fraction of sp³-hybridized carbons (Fsp3) is 0.304. The number of halogens is 1. The summed E-state index contributed by atoms with van der Waals surface area (Å²) in [6.07, 6.45) is 1.41. The topological polar surface area (TPSA) is 71.3 Å². The van der Waals surface area contributed by atoms with Gasteiger partial charge >= 0.3 is 0 Å².